The summed E-state index contributed by atoms with van der Waals surface area (Å²) in [6.07, 6.45) is 3.99. The molecule has 0 unspecified atom stereocenters. The molecular weight excluding hydrogens is 186 g/mol. The summed E-state index contributed by atoms with van der Waals surface area (Å²) in [4.78, 5) is 0. The summed E-state index contributed by atoms with van der Waals surface area (Å²) in [7, 11) is 0. The second-order valence-corrected chi connectivity index (χ2v) is 4.96. The zero-order valence-corrected chi connectivity index (χ0v) is 8.87. The van der Waals surface area contributed by atoms with Crippen molar-refractivity contribution in [3.8, 4) is 5.75 Å². The van der Waals surface area contributed by atoms with Gasteiger partial charge in [0.25, 0.3) is 0 Å². The van der Waals surface area contributed by atoms with Crippen LogP contribution in [0.25, 0.3) is 0 Å². The van der Waals surface area contributed by atoms with Crippen LogP contribution >= 0.6 is 0 Å². The molecule has 80 valence electrons. The van der Waals surface area contributed by atoms with E-state index in [4.69, 9.17) is 0 Å². The number of phenols is 1. The van der Waals surface area contributed by atoms with E-state index in [1.165, 1.54) is 19.3 Å². The van der Waals surface area contributed by atoms with Gasteiger partial charge < -0.3 is 10.4 Å². The molecule has 1 aliphatic heterocycles. The first kappa shape index (κ1) is 9.22. The molecule has 2 aliphatic rings. The second-order valence-electron chi connectivity index (χ2n) is 4.96. The van der Waals surface area contributed by atoms with Crippen molar-refractivity contribution in [2.24, 2.45) is 5.41 Å². The number of hydrogen-bond acceptors (Lipinski definition) is 2. The Morgan fingerprint density at radius 3 is 2.73 bits per heavy atom. The smallest absolute Gasteiger partial charge is 0.119 e. The highest BCUT2D eigenvalue weighted by Gasteiger charge is 2.48. The van der Waals surface area contributed by atoms with E-state index < -0.39 is 0 Å². The summed E-state index contributed by atoms with van der Waals surface area (Å²) in [6.45, 7) is 2.16. The fourth-order valence-electron chi connectivity index (χ4n) is 3.18. The summed E-state index contributed by atoms with van der Waals surface area (Å²) >= 11 is 0. The monoisotopic (exact) mass is 203 g/mol. The number of phenolic OH excluding ortho intramolecular Hbond substituents is 1. The van der Waals surface area contributed by atoms with Gasteiger partial charge in [0.1, 0.15) is 5.75 Å². The van der Waals surface area contributed by atoms with Gasteiger partial charge in [0.05, 0.1) is 0 Å². The van der Waals surface area contributed by atoms with Crippen molar-refractivity contribution in [3.05, 3.63) is 29.8 Å². The van der Waals surface area contributed by atoms with Crippen LogP contribution in [0.1, 0.15) is 30.7 Å². The first-order valence-electron chi connectivity index (χ1n) is 5.80. The fraction of sp³-hybridized carbons (Fsp3) is 0.538. The highest BCUT2D eigenvalue weighted by atomic mass is 16.3. The standard InChI is InChI=1S/C13H17NO/c15-12-5-2-1-4-10(12)11-8-14-9-13(11)6-3-7-13/h1-2,4-5,11,14-15H,3,6-9H2/t11-/m0/s1. The topological polar surface area (TPSA) is 32.3 Å². The third kappa shape index (κ3) is 1.28. The molecule has 3 rings (SSSR count). The molecule has 15 heavy (non-hydrogen) atoms. The zero-order chi connectivity index (χ0) is 10.3. The Labute approximate surface area is 90.3 Å². The average molecular weight is 203 g/mol. The Morgan fingerprint density at radius 1 is 1.27 bits per heavy atom. The van der Waals surface area contributed by atoms with Crippen molar-refractivity contribution in [1.82, 2.24) is 5.32 Å². The van der Waals surface area contributed by atoms with Crippen LogP contribution in [0.4, 0.5) is 0 Å². The van der Waals surface area contributed by atoms with Crippen molar-refractivity contribution in [3.63, 3.8) is 0 Å². The number of para-hydroxylation sites is 1. The van der Waals surface area contributed by atoms with Crippen LogP contribution in [0.2, 0.25) is 0 Å². The summed E-state index contributed by atoms with van der Waals surface area (Å²) in [5.74, 6) is 0.991. The van der Waals surface area contributed by atoms with Crippen molar-refractivity contribution in [2.75, 3.05) is 13.1 Å². The van der Waals surface area contributed by atoms with Gasteiger partial charge in [-0.2, -0.15) is 0 Å². The first-order chi connectivity index (χ1) is 7.32. The predicted molar refractivity (Wildman–Crippen MR) is 60.0 cm³/mol. The number of aromatic hydroxyl groups is 1. The third-order valence-electron chi connectivity index (χ3n) is 4.23. The van der Waals surface area contributed by atoms with Gasteiger partial charge in [-0.1, -0.05) is 24.6 Å². The molecule has 1 spiro atoms. The Bertz CT molecular complexity index is 371. The molecule has 0 aromatic heterocycles. The summed E-state index contributed by atoms with van der Waals surface area (Å²) in [5.41, 5.74) is 1.60. The van der Waals surface area contributed by atoms with Crippen LogP contribution in [0.15, 0.2) is 24.3 Å². The van der Waals surface area contributed by atoms with E-state index >= 15 is 0 Å². The maximum atomic E-state index is 9.89. The summed E-state index contributed by atoms with van der Waals surface area (Å²) in [6, 6.07) is 7.81. The first-order valence-corrected chi connectivity index (χ1v) is 5.80. The van der Waals surface area contributed by atoms with E-state index in [-0.39, 0.29) is 0 Å². The van der Waals surface area contributed by atoms with Crippen molar-refractivity contribution in [2.45, 2.75) is 25.2 Å². The largest absolute Gasteiger partial charge is 0.508 e. The lowest BCUT2D eigenvalue weighted by Crippen LogP contribution is -2.36. The zero-order valence-electron chi connectivity index (χ0n) is 8.87. The van der Waals surface area contributed by atoms with Gasteiger partial charge in [-0.05, 0) is 29.9 Å². The van der Waals surface area contributed by atoms with Crippen LogP contribution in [-0.4, -0.2) is 18.2 Å². The Kier molecular flexibility index (Phi) is 1.99. The lowest BCUT2D eigenvalue weighted by Gasteiger charge is -2.43. The van der Waals surface area contributed by atoms with E-state index in [1.807, 2.05) is 12.1 Å². The summed E-state index contributed by atoms with van der Waals surface area (Å²) in [5, 5.41) is 13.4. The molecule has 2 N–H and O–H groups in total. The molecule has 1 saturated heterocycles. The van der Waals surface area contributed by atoms with Gasteiger partial charge in [-0.25, -0.2) is 0 Å². The molecular formula is C13H17NO. The molecule has 1 aromatic rings. The van der Waals surface area contributed by atoms with Gasteiger partial charge in [0, 0.05) is 19.0 Å². The average Bonchev–Trinajstić information content (AvgIpc) is 2.62. The highest BCUT2D eigenvalue weighted by molar-refractivity contribution is 5.38. The molecule has 2 heteroatoms. The molecule has 1 saturated carbocycles. The minimum atomic E-state index is 0.457. The Hall–Kier alpha value is -1.02. The quantitative estimate of drug-likeness (QED) is 0.733. The lowest BCUT2D eigenvalue weighted by atomic mass is 9.61. The SMILES string of the molecule is Oc1ccccc1[C@@H]1CNCC12CCC2. The predicted octanol–water partition coefficient (Wildman–Crippen LogP) is 2.25. The Balaban J connectivity index is 1.96. The van der Waals surface area contributed by atoms with Crippen molar-refractivity contribution in [1.29, 1.82) is 0 Å². The molecule has 1 aromatic carbocycles. The molecule has 1 aliphatic carbocycles. The van der Waals surface area contributed by atoms with Crippen LogP contribution < -0.4 is 5.32 Å². The van der Waals surface area contributed by atoms with Gasteiger partial charge in [0.2, 0.25) is 0 Å². The van der Waals surface area contributed by atoms with Gasteiger partial charge >= 0.3 is 0 Å². The third-order valence-corrected chi connectivity index (χ3v) is 4.23. The molecule has 0 bridgehead atoms. The number of benzene rings is 1. The van der Waals surface area contributed by atoms with E-state index in [1.54, 1.807) is 6.07 Å². The van der Waals surface area contributed by atoms with Gasteiger partial charge in [-0.3, -0.25) is 0 Å². The second kappa shape index (κ2) is 3.24. The van der Waals surface area contributed by atoms with E-state index in [9.17, 15) is 5.11 Å². The summed E-state index contributed by atoms with van der Waals surface area (Å²) < 4.78 is 0. The van der Waals surface area contributed by atoms with Crippen molar-refractivity contribution < 1.29 is 5.11 Å². The van der Waals surface area contributed by atoms with E-state index in [0.717, 1.165) is 18.7 Å². The fourth-order valence-corrected chi connectivity index (χ4v) is 3.18. The Morgan fingerprint density at radius 2 is 2.07 bits per heavy atom. The molecule has 1 heterocycles. The minimum Gasteiger partial charge on any atom is -0.508 e. The van der Waals surface area contributed by atoms with Crippen LogP contribution in [0, 0.1) is 5.41 Å². The molecule has 0 amide bonds. The van der Waals surface area contributed by atoms with E-state index in [2.05, 4.69) is 11.4 Å². The van der Waals surface area contributed by atoms with Crippen LogP contribution in [0.3, 0.4) is 0 Å². The lowest BCUT2D eigenvalue weighted by molar-refractivity contribution is 0.135. The molecule has 2 nitrogen and oxygen atoms in total. The normalized spacial score (nSPS) is 27.9. The number of rotatable bonds is 1. The molecule has 1 atom stereocenters. The maximum absolute atomic E-state index is 9.89. The van der Waals surface area contributed by atoms with E-state index in [0.29, 0.717) is 17.1 Å². The van der Waals surface area contributed by atoms with Crippen LogP contribution in [-0.2, 0) is 0 Å². The minimum absolute atomic E-state index is 0.457. The van der Waals surface area contributed by atoms with Gasteiger partial charge in [-0.15, -0.1) is 0 Å². The van der Waals surface area contributed by atoms with Gasteiger partial charge in [0.15, 0.2) is 0 Å². The molecule has 2 fully saturated rings. The maximum Gasteiger partial charge on any atom is 0.119 e. The molecule has 0 radical (unpaired) electrons. The van der Waals surface area contributed by atoms with Crippen LogP contribution in [0.5, 0.6) is 5.75 Å². The number of hydrogen-bond donors (Lipinski definition) is 2. The highest BCUT2D eigenvalue weighted by Crippen LogP contribution is 2.54. The number of nitrogens with one attached hydrogen (secondary N) is 1. The van der Waals surface area contributed by atoms with Crippen molar-refractivity contribution >= 4 is 0 Å².